The van der Waals surface area contributed by atoms with E-state index in [1.165, 1.54) is 6.20 Å². The molecule has 2 rings (SSSR count). The van der Waals surface area contributed by atoms with E-state index in [4.69, 9.17) is 5.26 Å². The summed E-state index contributed by atoms with van der Waals surface area (Å²) >= 11 is 0. The molecule has 2 heterocycles. The van der Waals surface area contributed by atoms with Crippen molar-refractivity contribution in [3.8, 4) is 6.07 Å². The van der Waals surface area contributed by atoms with Gasteiger partial charge in [0, 0.05) is 31.5 Å². The van der Waals surface area contributed by atoms with Crippen molar-refractivity contribution in [2.75, 3.05) is 18.0 Å². The van der Waals surface area contributed by atoms with Crippen LogP contribution in [0.5, 0.6) is 0 Å². The van der Waals surface area contributed by atoms with Crippen LogP contribution in [0.3, 0.4) is 0 Å². The number of rotatable bonds is 5. The van der Waals surface area contributed by atoms with Crippen LogP contribution in [0.1, 0.15) is 45.2 Å². The molecule has 1 N–H and O–H groups in total. The van der Waals surface area contributed by atoms with Gasteiger partial charge in [-0.3, -0.25) is 4.79 Å². The Bertz CT molecular complexity index is 554. The molecule has 6 heteroatoms. The number of nitrogens with one attached hydrogen (secondary N) is 1. The first-order valence-corrected chi connectivity index (χ1v) is 7.92. The normalized spacial score (nSPS) is 19.3. The molecule has 0 saturated carbocycles. The number of carbonyl (C=O) groups is 1. The van der Waals surface area contributed by atoms with E-state index < -0.39 is 0 Å². The van der Waals surface area contributed by atoms with Crippen molar-refractivity contribution in [3.05, 3.63) is 18.1 Å². The third-order valence-electron chi connectivity index (χ3n) is 3.99. The average molecular weight is 301 g/mol. The van der Waals surface area contributed by atoms with Crippen molar-refractivity contribution >= 4 is 11.7 Å². The molecule has 118 valence electrons. The van der Waals surface area contributed by atoms with Gasteiger partial charge in [0.2, 0.25) is 5.91 Å². The Balaban J connectivity index is 2.03. The van der Waals surface area contributed by atoms with E-state index in [2.05, 4.69) is 28.3 Å². The molecule has 1 fully saturated rings. The minimum Gasteiger partial charge on any atom is -0.353 e. The van der Waals surface area contributed by atoms with E-state index in [1.807, 2.05) is 11.8 Å². The number of nitrogens with zero attached hydrogens (tertiary/aromatic N) is 4. The van der Waals surface area contributed by atoms with E-state index in [0.717, 1.165) is 32.2 Å². The van der Waals surface area contributed by atoms with Gasteiger partial charge in [0.05, 0.1) is 5.92 Å². The van der Waals surface area contributed by atoms with Crippen molar-refractivity contribution in [2.24, 2.45) is 5.92 Å². The van der Waals surface area contributed by atoms with E-state index in [9.17, 15) is 4.79 Å². The topological polar surface area (TPSA) is 81.9 Å². The smallest absolute Gasteiger partial charge is 0.225 e. The zero-order valence-corrected chi connectivity index (χ0v) is 13.2. The number of hydrogen-bond donors (Lipinski definition) is 1. The summed E-state index contributed by atoms with van der Waals surface area (Å²) in [5.74, 6) is 0.638. The number of carbonyl (C=O) groups excluding carboxylic acids is 1. The minimum atomic E-state index is -0.0541. The van der Waals surface area contributed by atoms with E-state index in [-0.39, 0.29) is 17.9 Å². The molecule has 2 unspecified atom stereocenters. The molecule has 1 aliphatic rings. The molecular weight excluding hydrogens is 278 g/mol. The summed E-state index contributed by atoms with van der Waals surface area (Å²) in [6.45, 7) is 5.56. The highest BCUT2D eigenvalue weighted by Gasteiger charge is 2.28. The summed E-state index contributed by atoms with van der Waals surface area (Å²) in [5, 5.41) is 12.2. The fraction of sp³-hybridized carbons (Fsp3) is 0.625. The molecule has 22 heavy (non-hydrogen) atoms. The van der Waals surface area contributed by atoms with Gasteiger partial charge in [-0.2, -0.15) is 5.26 Å². The Morgan fingerprint density at radius 1 is 1.55 bits per heavy atom. The van der Waals surface area contributed by atoms with Crippen LogP contribution >= 0.6 is 0 Å². The Hall–Kier alpha value is -2.16. The average Bonchev–Trinajstić information content (AvgIpc) is 2.55. The van der Waals surface area contributed by atoms with Gasteiger partial charge >= 0.3 is 0 Å². The Morgan fingerprint density at radius 3 is 3.05 bits per heavy atom. The maximum atomic E-state index is 12.4. The molecular formula is C16H23N5O. The number of aromatic nitrogens is 2. The molecule has 6 nitrogen and oxygen atoms in total. The fourth-order valence-electron chi connectivity index (χ4n) is 2.89. The maximum Gasteiger partial charge on any atom is 0.225 e. The number of nitriles is 1. The molecule has 1 aromatic heterocycles. The van der Waals surface area contributed by atoms with Crippen molar-refractivity contribution in [1.82, 2.24) is 15.3 Å². The molecule has 2 atom stereocenters. The fourth-order valence-corrected chi connectivity index (χ4v) is 2.89. The van der Waals surface area contributed by atoms with Gasteiger partial charge in [-0.25, -0.2) is 9.97 Å². The number of piperidine rings is 1. The van der Waals surface area contributed by atoms with Crippen molar-refractivity contribution in [3.63, 3.8) is 0 Å². The minimum absolute atomic E-state index is 0.0541. The molecule has 1 aliphatic heterocycles. The molecule has 0 aromatic carbocycles. The predicted molar refractivity (Wildman–Crippen MR) is 84.2 cm³/mol. The second-order valence-corrected chi connectivity index (χ2v) is 5.82. The van der Waals surface area contributed by atoms with Crippen molar-refractivity contribution in [1.29, 1.82) is 5.26 Å². The maximum absolute atomic E-state index is 12.4. The summed E-state index contributed by atoms with van der Waals surface area (Å²) in [6, 6.07) is 2.28. The standard InChI is InChI=1S/C16H23N5O/c1-3-5-12(2)20-16(22)13-6-4-9-21(11-13)15-14(10-17)18-7-8-19-15/h7-8,12-13H,3-6,9,11H2,1-2H3,(H,20,22). The SMILES string of the molecule is CCCC(C)NC(=O)C1CCCN(c2nccnc2C#N)C1. The number of hydrogen-bond acceptors (Lipinski definition) is 5. The summed E-state index contributed by atoms with van der Waals surface area (Å²) in [5.41, 5.74) is 0.322. The van der Waals surface area contributed by atoms with Crippen LogP contribution in [-0.2, 0) is 4.79 Å². The van der Waals surface area contributed by atoms with Crippen LogP contribution in [0.2, 0.25) is 0 Å². The monoisotopic (exact) mass is 301 g/mol. The molecule has 0 aliphatic carbocycles. The van der Waals surface area contributed by atoms with E-state index in [1.54, 1.807) is 6.20 Å². The van der Waals surface area contributed by atoms with Crippen molar-refractivity contribution < 1.29 is 4.79 Å². The van der Waals surface area contributed by atoms with Crippen LogP contribution in [0, 0.1) is 17.2 Å². The second-order valence-electron chi connectivity index (χ2n) is 5.82. The second kappa shape index (κ2) is 7.74. The highest BCUT2D eigenvalue weighted by atomic mass is 16.2. The number of amides is 1. The van der Waals surface area contributed by atoms with Crippen LogP contribution in [0.25, 0.3) is 0 Å². The largest absolute Gasteiger partial charge is 0.353 e. The lowest BCUT2D eigenvalue weighted by molar-refractivity contribution is -0.125. The van der Waals surface area contributed by atoms with Crippen LogP contribution in [-0.4, -0.2) is 35.0 Å². The molecule has 1 saturated heterocycles. The quantitative estimate of drug-likeness (QED) is 0.897. The lowest BCUT2D eigenvalue weighted by atomic mass is 9.96. The van der Waals surface area contributed by atoms with Crippen LogP contribution < -0.4 is 10.2 Å². The van der Waals surface area contributed by atoms with Crippen LogP contribution in [0.15, 0.2) is 12.4 Å². The van der Waals surface area contributed by atoms with Gasteiger partial charge in [-0.15, -0.1) is 0 Å². The molecule has 0 radical (unpaired) electrons. The van der Waals surface area contributed by atoms with Crippen molar-refractivity contribution in [2.45, 2.75) is 45.6 Å². The summed E-state index contributed by atoms with van der Waals surface area (Å²) < 4.78 is 0. The Labute approximate surface area is 131 Å². The van der Waals surface area contributed by atoms with Gasteiger partial charge in [0.15, 0.2) is 11.5 Å². The molecule has 1 aromatic rings. The van der Waals surface area contributed by atoms with Crippen LogP contribution in [0.4, 0.5) is 5.82 Å². The Morgan fingerprint density at radius 2 is 2.32 bits per heavy atom. The zero-order valence-electron chi connectivity index (χ0n) is 13.2. The first-order valence-electron chi connectivity index (χ1n) is 7.92. The van der Waals surface area contributed by atoms with Gasteiger partial charge in [-0.1, -0.05) is 13.3 Å². The van der Waals surface area contributed by atoms with Gasteiger partial charge < -0.3 is 10.2 Å². The Kier molecular flexibility index (Phi) is 5.70. The summed E-state index contributed by atoms with van der Waals surface area (Å²) in [6.07, 6.45) is 6.95. The van der Waals surface area contributed by atoms with Gasteiger partial charge in [0.1, 0.15) is 6.07 Å². The first-order chi connectivity index (χ1) is 10.7. The third kappa shape index (κ3) is 3.94. The van der Waals surface area contributed by atoms with Gasteiger partial charge in [-0.05, 0) is 26.2 Å². The molecule has 0 spiro atoms. The zero-order chi connectivity index (χ0) is 15.9. The summed E-state index contributed by atoms with van der Waals surface area (Å²) in [7, 11) is 0. The first kappa shape index (κ1) is 16.2. The predicted octanol–water partition coefficient (Wildman–Crippen LogP) is 1.87. The highest BCUT2D eigenvalue weighted by molar-refractivity contribution is 5.79. The van der Waals surface area contributed by atoms with E-state index in [0.29, 0.717) is 18.1 Å². The van der Waals surface area contributed by atoms with E-state index >= 15 is 0 Å². The third-order valence-corrected chi connectivity index (χ3v) is 3.99. The lowest BCUT2D eigenvalue weighted by Crippen LogP contribution is -2.45. The summed E-state index contributed by atoms with van der Waals surface area (Å²) in [4.78, 5) is 22.7. The highest BCUT2D eigenvalue weighted by Crippen LogP contribution is 2.23. The number of anilines is 1. The van der Waals surface area contributed by atoms with Gasteiger partial charge in [0.25, 0.3) is 0 Å². The molecule has 1 amide bonds. The lowest BCUT2D eigenvalue weighted by Gasteiger charge is -2.33. The molecule has 0 bridgehead atoms.